The first-order valence-electron chi connectivity index (χ1n) is 6.54. The van der Waals surface area contributed by atoms with Crippen molar-refractivity contribution in [2.24, 2.45) is 4.99 Å². The van der Waals surface area contributed by atoms with Crippen molar-refractivity contribution >= 4 is 17.3 Å². The Balaban J connectivity index is 1.91. The Kier molecular flexibility index (Phi) is 5.11. The number of aliphatic imine (C=N–C) groups is 1. The van der Waals surface area contributed by atoms with Crippen molar-refractivity contribution in [3.05, 3.63) is 33.6 Å². The zero-order valence-corrected chi connectivity index (χ0v) is 12.8. The highest BCUT2D eigenvalue weighted by molar-refractivity contribution is 7.11. The van der Waals surface area contributed by atoms with E-state index in [9.17, 15) is 0 Å². The van der Waals surface area contributed by atoms with E-state index in [0.29, 0.717) is 18.3 Å². The maximum atomic E-state index is 4.92. The van der Waals surface area contributed by atoms with E-state index in [1.807, 2.05) is 6.92 Å². The molecule has 0 aliphatic rings. The van der Waals surface area contributed by atoms with Gasteiger partial charge in [-0.1, -0.05) is 5.16 Å². The minimum atomic E-state index is 0.399. The van der Waals surface area contributed by atoms with Crippen LogP contribution in [-0.4, -0.2) is 22.6 Å². The highest BCUT2D eigenvalue weighted by atomic mass is 32.1. The average Bonchev–Trinajstić information content (AvgIpc) is 3.02. The topological polar surface area (TPSA) is 75.3 Å². The number of guanidine groups is 1. The predicted octanol–water partition coefficient (Wildman–Crippen LogP) is 2.00. The van der Waals surface area contributed by atoms with E-state index in [1.54, 1.807) is 18.3 Å². The number of aryl methyl sites for hydroxylation is 2. The third-order valence-corrected chi connectivity index (χ3v) is 3.52. The van der Waals surface area contributed by atoms with Gasteiger partial charge in [-0.15, -0.1) is 11.3 Å². The largest absolute Gasteiger partial charge is 0.357 e. The van der Waals surface area contributed by atoms with Crippen molar-refractivity contribution in [2.75, 3.05) is 6.54 Å². The van der Waals surface area contributed by atoms with Gasteiger partial charge in [0.15, 0.2) is 11.8 Å². The molecule has 2 heterocycles. The van der Waals surface area contributed by atoms with Gasteiger partial charge >= 0.3 is 0 Å². The predicted molar refractivity (Wildman–Crippen MR) is 79.7 cm³/mol. The molecule has 2 N–H and O–H groups in total. The lowest BCUT2D eigenvalue weighted by Crippen LogP contribution is -2.36. The molecule has 108 valence electrons. The molecule has 0 amide bonds. The number of aromatic nitrogens is 2. The summed E-state index contributed by atoms with van der Waals surface area (Å²) in [5.74, 6) is 1.90. The maximum absolute atomic E-state index is 4.92. The van der Waals surface area contributed by atoms with E-state index in [1.165, 1.54) is 9.75 Å². The van der Waals surface area contributed by atoms with Gasteiger partial charge in [0.2, 0.25) is 5.89 Å². The van der Waals surface area contributed by atoms with Crippen LogP contribution in [0.4, 0.5) is 0 Å². The molecule has 0 radical (unpaired) electrons. The second-order valence-corrected chi connectivity index (χ2v) is 5.66. The van der Waals surface area contributed by atoms with Crippen LogP contribution in [0.1, 0.15) is 28.4 Å². The van der Waals surface area contributed by atoms with Gasteiger partial charge in [-0.25, -0.2) is 4.99 Å². The summed E-state index contributed by atoms with van der Waals surface area (Å²) in [6.45, 7) is 7.87. The summed E-state index contributed by atoms with van der Waals surface area (Å²) in [5.41, 5.74) is 0. The molecule has 6 nitrogen and oxygen atoms in total. The Bertz CT molecular complexity index is 575. The van der Waals surface area contributed by atoms with Crippen molar-refractivity contribution in [3.8, 4) is 0 Å². The Labute approximate surface area is 122 Å². The van der Waals surface area contributed by atoms with E-state index >= 15 is 0 Å². The van der Waals surface area contributed by atoms with Gasteiger partial charge in [0.1, 0.15) is 6.54 Å². The number of nitrogens with zero attached hydrogens (tertiary/aromatic N) is 3. The molecule has 0 saturated heterocycles. The Morgan fingerprint density at radius 1 is 1.35 bits per heavy atom. The molecule has 0 aliphatic heterocycles. The highest BCUT2D eigenvalue weighted by Crippen LogP contribution is 2.14. The zero-order chi connectivity index (χ0) is 14.4. The second-order valence-electron chi connectivity index (χ2n) is 4.29. The zero-order valence-electron chi connectivity index (χ0n) is 11.9. The van der Waals surface area contributed by atoms with Crippen LogP contribution in [0.2, 0.25) is 0 Å². The monoisotopic (exact) mass is 293 g/mol. The van der Waals surface area contributed by atoms with Gasteiger partial charge in [-0.05, 0) is 26.0 Å². The highest BCUT2D eigenvalue weighted by Gasteiger charge is 2.03. The van der Waals surface area contributed by atoms with Crippen LogP contribution in [0.3, 0.4) is 0 Å². The fraction of sp³-hybridized carbons (Fsp3) is 0.462. The van der Waals surface area contributed by atoms with E-state index in [4.69, 9.17) is 4.52 Å². The van der Waals surface area contributed by atoms with Crippen molar-refractivity contribution in [1.29, 1.82) is 0 Å². The van der Waals surface area contributed by atoms with Gasteiger partial charge in [0.05, 0.1) is 6.54 Å². The van der Waals surface area contributed by atoms with Crippen molar-refractivity contribution in [2.45, 2.75) is 33.9 Å². The van der Waals surface area contributed by atoms with E-state index in [-0.39, 0.29) is 0 Å². The molecule has 0 saturated carbocycles. The van der Waals surface area contributed by atoms with Crippen molar-refractivity contribution < 1.29 is 4.52 Å². The summed E-state index contributed by atoms with van der Waals surface area (Å²) in [5, 5.41) is 10.3. The fourth-order valence-corrected chi connectivity index (χ4v) is 2.48. The number of thiophene rings is 1. The quantitative estimate of drug-likeness (QED) is 0.651. The average molecular weight is 293 g/mol. The number of nitrogens with one attached hydrogen (secondary N) is 2. The smallest absolute Gasteiger partial charge is 0.223 e. The standard InChI is InChI=1S/C13H19N5OS/c1-4-14-13(15-7-11-6-5-9(2)20-11)16-8-12-17-10(3)19-18-12/h5-6H,4,7-8H2,1-3H3,(H2,14,15,16). The van der Waals surface area contributed by atoms with E-state index in [0.717, 1.165) is 19.0 Å². The Morgan fingerprint density at radius 3 is 2.80 bits per heavy atom. The minimum Gasteiger partial charge on any atom is -0.357 e. The SMILES string of the molecule is CCNC(=NCc1noc(C)n1)NCc1ccc(C)s1. The van der Waals surface area contributed by atoms with Gasteiger partial charge in [-0.3, -0.25) is 0 Å². The third kappa shape index (κ3) is 4.34. The van der Waals surface area contributed by atoms with Crippen LogP contribution in [0.25, 0.3) is 0 Å². The van der Waals surface area contributed by atoms with Crippen LogP contribution in [0, 0.1) is 13.8 Å². The Hall–Kier alpha value is -1.89. The molecule has 0 atom stereocenters. The van der Waals surface area contributed by atoms with Crippen LogP contribution in [0.5, 0.6) is 0 Å². The molecule has 0 aliphatic carbocycles. The second kappa shape index (κ2) is 7.04. The van der Waals surface area contributed by atoms with Crippen molar-refractivity contribution in [3.63, 3.8) is 0 Å². The maximum Gasteiger partial charge on any atom is 0.223 e. The van der Waals surface area contributed by atoms with Crippen LogP contribution < -0.4 is 10.6 Å². The summed E-state index contributed by atoms with van der Waals surface area (Å²) in [6.07, 6.45) is 0. The molecule has 2 aromatic heterocycles. The van der Waals surface area contributed by atoms with Gasteiger partial charge in [0.25, 0.3) is 0 Å². The summed E-state index contributed by atoms with van der Waals surface area (Å²) >= 11 is 1.78. The molecular formula is C13H19N5OS. The Morgan fingerprint density at radius 2 is 2.20 bits per heavy atom. The fourth-order valence-electron chi connectivity index (χ4n) is 1.65. The van der Waals surface area contributed by atoms with E-state index < -0.39 is 0 Å². The van der Waals surface area contributed by atoms with E-state index in [2.05, 4.69) is 44.8 Å². The lowest BCUT2D eigenvalue weighted by atomic mass is 10.4. The number of hydrogen-bond donors (Lipinski definition) is 2. The molecular weight excluding hydrogens is 274 g/mol. The summed E-state index contributed by atoms with van der Waals surface area (Å²) in [7, 11) is 0. The molecule has 0 unspecified atom stereocenters. The van der Waals surface area contributed by atoms with Gasteiger partial charge in [-0.2, -0.15) is 4.98 Å². The lowest BCUT2D eigenvalue weighted by Gasteiger charge is -2.09. The molecule has 2 aromatic rings. The first-order chi connectivity index (χ1) is 9.67. The minimum absolute atomic E-state index is 0.399. The molecule has 0 bridgehead atoms. The number of hydrogen-bond acceptors (Lipinski definition) is 5. The van der Waals surface area contributed by atoms with Gasteiger partial charge in [0, 0.05) is 23.2 Å². The lowest BCUT2D eigenvalue weighted by molar-refractivity contribution is 0.387. The summed E-state index contributed by atoms with van der Waals surface area (Å²) < 4.78 is 4.92. The first kappa shape index (κ1) is 14.5. The summed E-state index contributed by atoms with van der Waals surface area (Å²) in [4.78, 5) is 11.2. The molecule has 2 rings (SSSR count). The van der Waals surface area contributed by atoms with Crippen LogP contribution in [-0.2, 0) is 13.1 Å². The third-order valence-electron chi connectivity index (χ3n) is 2.52. The normalized spacial score (nSPS) is 11.7. The van der Waals surface area contributed by atoms with Crippen LogP contribution >= 0.6 is 11.3 Å². The molecule has 0 fully saturated rings. The van der Waals surface area contributed by atoms with Crippen molar-refractivity contribution in [1.82, 2.24) is 20.8 Å². The molecule has 20 heavy (non-hydrogen) atoms. The first-order valence-corrected chi connectivity index (χ1v) is 7.35. The van der Waals surface area contributed by atoms with Gasteiger partial charge < -0.3 is 15.2 Å². The molecule has 0 spiro atoms. The molecule has 0 aromatic carbocycles. The summed E-state index contributed by atoms with van der Waals surface area (Å²) in [6, 6.07) is 4.24. The molecule has 7 heteroatoms. The van der Waals surface area contributed by atoms with Crippen LogP contribution in [0.15, 0.2) is 21.6 Å². The number of rotatable bonds is 5.